The Morgan fingerprint density at radius 1 is 1.07 bits per heavy atom. The highest BCUT2D eigenvalue weighted by Crippen LogP contribution is 2.65. The molecule has 6 rings (SSSR count). The van der Waals surface area contributed by atoms with Gasteiger partial charge in [0.05, 0.1) is 22.5 Å². The lowest BCUT2D eigenvalue weighted by Crippen LogP contribution is -2.40. The molecule has 6 unspecified atom stereocenters. The van der Waals surface area contributed by atoms with Gasteiger partial charge in [0.15, 0.2) is 0 Å². The van der Waals surface area contributed by atoms with Gasteiger partial charge in [-0.05, 0) is 48.3 Å². The molecule has 1 heterocycles. The highest BCUT2D eigenvalue weighted by atomic mass is 35.5. The molecule has 1 saturated heterocycles. The van der Waals surface area contributed by atoms with Crippen LogP contribution in [0.4, 0.5) is 5.69 Å². The minimum atomic E-state index is -0.307. The molecule has 1 aliphatic heterocycles. The van der Waals surface area contributed by atoms with Crippen LogP contribution in [0.25, 0.3) is 0 Å². The van der Waals surface area contributed by atoms with Gasteiger partial charge < -0.3 is 5.32 Å². The fourth-order valence-corrected chi connectivity index (χ4v) is 5.60. The van der Waals surface area contributed by atoms with Crippen molar-refractivity contribution in [1.82, 2.24) is 4.90 Å². The van der Waals surface area contributed by atoms with Crippen molar-refractivity contribution in [3.8, 4) is 0 Å². The van der Waals surface area contributed by atoms with Gasteiger partial charge in [-0.15, -0.1) is 0 Å². The van der Waals surface area contributed by atoms with E-state index in [1.165, 1.54) is 4.90 Å². The molecule has 7 heteroatoms. The summed E-state index contributed by atoms with van der Waals surface area (Å²) in [5.74, 6) is 0.585. The van der Waals surface area contributed by atoms with Crippen molar-refractivity contribution < 1.29 is 14.4 Å². The van der Waals surface area contributed by atoms with Gasteiger partial charge in [-0.3, -0.25) is 19.3 Å². The van der Waals surface area contributed by atoms with E-state index < -0.39 is 0 Å². The van der Waals surface area contributed by atoms with E-state index in [1.807, 2.05) is 0 Å². The summed E-state index contributed by atoms with van der Waals surface area (Å²) in [7, 11) is 0. The van der Waals surface area contributed by atoms with Gasteiger partial charge in [0, 0.05) is 18.0 Å². The van der Waals surface area contributed by atoms with E-state index in [0.717, 1.165) is 6.42 Å². The molecule has 5 aliphatic rings. The Labute approximate surface area is 166 Å². The lowest BCUT2D eigenvalue weighted by Gasteiger charge is -2.37. The summed E-state index contributed by atoms with van der Waals surface area (Å²) in [6.07, 6.45) is 5.46. The predicted octanol–water partition coefficient (Wildman–Crippen LogP) is 3.38. The number of hydrogen-bond acceptors (Lipinski definition) is 3. The number of imide groups is 1. The molecule has 1 aromatic rings. The van der Waals surface area contributed by atoms with E-state index in [1.54, 1.807) is 18.2 Å². The van der Waals surface area contributed by atoms with Gasteiger partial charge in [0.2, 0.25) is 17.7 Å². The van der Waals surface area contributed by atoms with Crippen molar-refractivity contribution in [3.63, 3.8) is 0 Å². The van der Waals surface area contributed by atoms with Crippen molar-refractivity contribution in [2.24, 2.45) is 35.5 Å². The molecule has 5 nitrogen and oxygen atoms in total. The Kier molecular flexibility index (Phi) is 3.89. The molecule has 2 saturated carbocycles. The first-order chi connectivity index (χ1) is 13.0. The lowest BCUT2D eigenvalue weighted by molar-refractivity contribution is -0.140. The van der Waals surface area contributed by atoms with Crippen LogP contribution in [0.3, 0.4) is 0 Å². The molecular weight excluding hydrogens is 387 g/mol. The van der Waals surface area contributed by atoms with Crippen molar-refractivity contribution >= 4 is 46.6 Å². The van der Waals surface area contributed by atoms with Crippen LogP contribution < -0.4 is 5.32 Å². The summed E-state index contributed by atoms with van der Waals surface area (Å²) in [6, 6.07) is 4.81. The number of likely N-dealkylation sites (tertiary alicyclic amines) is 1. The zero-order chi connectivity index (χ0) is 18.9. The van der Waals surface area contributed by atoms with Crippen molar-refractivity contribution in [2.75, 3.05) is 11.9 Å². The topological polar surface area (TPSA) is 66.5 Å². The van der Waals surface area contributed by atoms with Crippen LogP contribution in [0.1, 0.15) is 12.8 Å². The van der Waals surface area contributed by atoms with E-state index in [9.17, 15) is 14.4 Å². The molecule has 1 N–H and O–H groups in total. The predicted molar refractivity (Wildman–Crippen MR) is 101 cm³/mol. The Morgan fingerprint density at radius 2 is 1.70 bits per heavy atom. The largest absolute Gasteiger partial charge is 0.325 e. The first kappa shape index (κ1) is 17.3. The van der Waals surface area contributed by atoms with Crippen molar-refractivity contribution in [3.05, 3.63) is 40.4 Å². The molecule has 3 fully saturated rings. The van der Waals surface area contributed by atoms with Crippen molar-refractivity contribution in [1.29, 1.82) is 0 Å². The number of halogens is 2. The van der Waals surface area contributed by atoms with E-state index in [2.05, 4.69) is 17.5 Å². The van der Waals surface area contributed by atoms with Crippen LogP contribution in [0.15, 0.2) is 30.4 Å². The van der Waals surface area contributed by atoms with Gasteiger partial charge in [-0.2, -0.15) is 0 Å². The molecule has 1 aromatic carbocycles. The van der Waals surface area contributed by atoms with Crippen LogP contribution in [-0.2, 0) is 14.4 Å². The average Bonchev–Trinajstić information content (AvgIpc) is 3.42. The average molecular weight is 405 g/mol. The molecule has 0 aromatic heterocycles. The van der Waals surface area contributed by atoms with Crippen LogP contribution in [0, 0.1) is 35.5 Å². The second-order valence-corrected chi connectivity index (χ2v) is 8.75. The number of nitrogens with one attached hydrogen (secondary N) is 1. The summed E-state index contributed by atoms with van der Waals surface area (Å²) >= 11 is 12.0. The number of allylic oxidation sites excluding steroid dienone is 2. The Balaban J connectivity index is 1.26. The van der Waals surface area contributed by atoms with Crippen LogP contribution in [-0.4, -0.2) is 29.2 Å². The number of nitrogens with zero attached hydrogens (tertiary/aromatic N) is 1. The maximum Gasteiger partial charge on any atom is 0.233 e. The minimum Gasteiger partial charge on any atom is -0.325 e. The van der Waals surface area contributed by atoms with Crippen LogP contribution >= 0.6 is 23.2 Å². The van der Waals surface area contributed by atoms with Crippen LogP contribution in [0.2, 0.25) is 10.0 Å². The molecule has 27 heavy (non-hydrogen) atoms. The number of carbonyl (C=O) groups is 3. The van der Waals surface area contributed by atoms with Gasteiger partial charge in [-0.1, -0.05) is 35.4 Å². The smallest absolute Gasteiger partial charge is 0.233 e. The van der Waals surface area contributed by atoms with E-state index in [0.29, 0.717) is 27.6 Å². The third kappa shape index (κ3) is 2.63. The first-order valence-corrected chi connectivity index (χ1v) is 10.00. The molecule has 4 aliphatic carbocycles. The third-order valence-electron chi connectivity index (χ3n) is 6.52. The number of carbonyl (C=O) groups excluding carboxylic acids is 3. The molecule has 0 radical (unpaired) electrons. The van der Waals surface area contributed by atoms with Gasteiger partial charge in [-0.25, -0.2) is 0 Å². The number of rotatable bonds is 4. The molecule has 140 valence electrons. The summed E-state index contributed by atoms with van der Waals surface area (Å²) < 4.78 is 0. The van der Waals surface area contributed by atoms with Gasteiger partial charge >= 0.3 is 0 Å². The maximum atomic E-state index is 12.9. The molecule has 6 atom stereocenters. The van der Waals surface area contributed by atoms with E-state index in [4.69, 9.17) is 23.2 Å². The number of benzene rings is 1. The summed E-state index contributed by atoms with van der Waals surface area (Å²) in [5.41, 5.74) is 0.421. The standard InChI is InChI=1S/C20H18Cl2N2O3/c21-9-1-4-14(22)15(7-9)23-16(25)5-6-24-19(26)17-10-2-3-11(13-8-12(10)13)18(17)20(24)27/h1-4,7,10-13,17-18H,5-6,8H2,(H,23,25). The number of anilines is 1. The molecule has 2 bridgehead atoms. The fourth-order valence-electron chi connectivity index (χ4n) is 5.26. The Hall–Kier alpha value is -1.85. The highest BCUT2D eigenvalue weighted by Gasteiger charge is 2.66. The molecule has 0 spiro atoms. The molecular formula is C20H18Cl2N2O3. The summed E-state index contributed by atoms with van der Waals surface area (Å²) in [6.45, 7) is 0.101. The summed E-state index contributed by atoms with van der Waals surface area (Å²) in [5, 5.41) is 3.54. The van der Waals surface area contributed by atoms with E-state index >= 15 is 0 Å². The van der Waals surface area contributed by atoms with Gasteiger partial charge in [0.1, 0.15) is 0 Å². The third-order valence-corrected chi connectivity index (χ3v) is 7.08. The first-order valence-electron chi connectivity index (χ1n) is 9.24. The monoisotopic (exact) mass is 404 g/mol. The zero-order valence-corrected chi connectivity index (χ0v) is 15.9. The lowest BCUT2D eigenvalue weighted by atomic mass is 9.63. The zero-order valence-electron chi connectivity index (χ0n) is 14.4. The van der Waals surface area contributed by atoms with E-state index in [-0.39, 0.29) is 54.4 Å². The van der Waals surface area contributed by atoms with Crippen LogP contribution in [0.5, 0.6) is 0 Å². The number of amides is 3. The van der Waals surface area contributed by atoms with Gasteiger partial charge in [0.25, 0.3) is 0 Å². The SMILES string of the molecule is O=C(CCN1C(=O)C2C3C=CC(C4CC34)C2C1=O)Nc1cc(Cl)ccc1Cl. The molecule has 3 amide bonds. The Morgan fingerprint density at radius 3 is 2.33 bits per heavy atom. The summed E-state index contributed by atoms with van der Waals surface area (Å²) in [4.78, 5) is 39.3. The second-order valence-electron chi connectivity index (χ2n) is 7.91. The normalized spacial score (nSPS) is 35.3. The quantitative estimate of drug-likeness (QED) is 0.617. The number of hydrogen-bond donors (Lipinski definition) is 1. The maximum absolute atomic E-state index is 12.9. The Bertz CT molecular complexity index is 863. The fraction of sp³-hybridized carbons (Fsp3) is 0.450. The minimum absolute atomic E-state index is 0.0371. The second kappa shape index (κ2) is 6.08. The highest BCUT2D eigenvalue weighted by molar-refractivity contribution is 6.35. The van der Waals surface area contributed by atoms with Crippen molar-refractivity contribution in [2.45, 2.75) is 12.8 Å².